The van der Waals surface area contributed by atoms with Crippen LogP contribution in [0, 0.1) is 5.41 Å². The highest BCUT2D eigenvalue weighted by molar-refractivity contribution is 5.63. The molecule has 0 spiro atoms. The number of carbonyl (C=O) groups excluding carboxylic acids is 1. The number of rotatable bonds is 11. The van der Waals surface area contributed by atoms with Crippen LogP contribution in [0.5, 0.6) is 0 Å². The number of aliphatic hydroxyl groups is 7. The summed E-state index contributed by atoms with van der Waals surface area (Å²) in [5.74, 6) is 0. The van der Waals surface area contributed by atoms with Gasteiger partial charge >= 0.3 is 0 Å². The van der Waals surface area contributed by atoms with Crippen LogP contribution in [-0.2, 0) is 14.3 Å². The Kier molecular flexibility index (Phi) is 10.5. The Hall–Kier alpha value is -0.690. The first-order valence-corrected chi connectivity index (χ1v) is 11.5. The lowest BCUT2D eigenvalue weighted by atomic mass is 9.66. The molecular formula is C22H39O10. The Bertz CT molecular complexity index is 541. The summed E-state index contributed by atoms with van der Waals surface area (Å²) in [5, 5.41) is 71.1. The number of hydrogen-bond donors (Lipinski definition) is 7. The molecule has 0 amide bonds. The highest BCUT2D eigenvalue weighted by Crippen LogP contribution is 2.44. The molecule has 32 heavy (non-hydrogen) atoms. The first-order chi connectivity index (χ1) is 15.1. The van der Waals surface area contributed by atoms with Crippen LogP contribution < -0.4 is 0 Å². The molecule has 0 bridgehead atoms. The Balaban J connectivity index is 2.29. The molecule has 187 valence electrons. The molecule has 1 radical (unpaired) electrons. The van der Waals surface area contributed by atoms with Gasteiger partial charge in [-0.25, -0.2) is 0 Å². The predicted octanol–water partition coefficient (Wildman–Crippen LogP) is -1.45. The topological polar surface area (TPSA) is 177 Å². The average Bonchev–Trinajstić information content (AvgIpc) is 2.78. The minimum absolute atomic E-state index is 0.0744. The van der Waals surface area contributed by atoms with Crippen LogP contribution in [0.15, 0.2) is 0 Å². The van der Waals surface area contributed by atoms with Crippen LogP contribution in [-0.4, -0.2) is 110 Å². The summed E-state index contributed by atoms with van der Waals surface area (Å²) in [6.45, 7) is 3.11. The molecule has 2 aliphatic heterocycles. The van der Waals surface area contributed by atoms with Crippen LogP contribution >= 0.6 is 0 Å². The predicted molar refractivity (Wildman–Crippen MR) is 112 cm³/mol. The van der Waals surface area contributed by atoms with E-state index in [4.69, 9.17) is 14.6 Å². The molecule has 0 aromatic rings. The Labute approximate surface area is 188 Å². The van der Waals surface area contributed by atoms with Crippen molar-refractivity contribution < 1.29 is 50.0 Å². The Morgan fingerprint density at radius 2 is 1.06 bits per heavy atom. The van der Waals surface area contributed by atoms with Gasteiger partial charge in [-0.2, -0.15) is 0 Å². The normalized spacial score (nSPS) is 42.4. The van der Waals surface area contributed by atoms with Gasteiger partial charge < -0.3 is 45.2 Å². The highest BCUT2D eigenvalue weighted by Gasteiger charge is 2.60. The average molecular weight is 464 g/mol. The molecule has 0 aromatic carbocycles. The van der Waals surface area contributed by atoms with E-state index in [-0.39, 0.29) is 13.0 Å². The van der Waals surface area contributed by atoms with Gasteiger partial charge in [-0.15, -0.1) is 0 Å². The van der Waals surface area contributed by atoms with E-state index in [1.165, 1.54) is 13.8 Å². The second-order valence-electron chi connectivity index (χ2n) is 9.20. The third-order valence-electron chi connectivity index (χ3n) is 6.91. The van der Waals surface area contributed by atoms with Gasteiger partial charge in [0.15, 0.2) is 0 Å². The molecule has 2 rings (SSSR count). The Morgan fingerprint density at radius 3 is 1.47 bits per heavy atom. The second-order valence-corrected chi connectivity index (χ2v) is 9.20. The molecule has 2 unspecified atom stereocenters. The first kappa shape index (κ1) is 27.6. The molecular weight excluding hydrogens is 424 g/mol. The largest absolute Gasteiger partial charge is 0.396 e. The van der Waals surface area contributed by atoms with Gasteiger partial charge in [0.1, 0.15) is 48.8 Å². The molecule has 10 atom stereocenters. The van der Waals surface area contributed by atoms with Crippen molar-refractivity contribution >= 4 is 6.29 Å². The zero-order chi connectivity index (χ0) is 24.1. The summed E-state index contributed by atoms with van der Waals surface area (Å²) in [4.78, 5) is 12.5. The summed E-state index contributed by atoms with van der Waals surface area (Å²) in [5.41, 5.74) is -1.77. The van der Waals surface area contributed by atoms with Crippen molar-refractivity contribution in [3.8, 4) is 0 Å². The van der Waals surface area contributed by atoms with Gasteiger partial charge in [0.05, 0.1) is 17.6 Å². The number of aliphatic hydroxyl groups excluding tert-OH is 7. The third-order valence-corrected chi connectivity index (χ3v) is 6.91. The van der Waals surface area contributed by atoms with Crippen molar-refractivity contribution in [2.45, 2.75) is 120 Å². The summed E-state index contributed by atoms with van der Waals surface area (Å²) < 4.78 is 11.5. The number of unbranched alkanes of at least 4 members (excludes halogenated alkanes) is 5. The smallest absolute Gasteiger partial charge is 0.210 e. The molecule has 2 heterocycles. The number of hydrogen-bond acceptors (Lipinski definition) is 10. The molecule has 0 saturated carbocycles. The summed E-state index contributed by atoms with van der Waals surface area (Å²) in [6.07, 6.45) is -7.34. The lowest BCUT2D eigenvalue weighted by Crippen LogP contribution is -2.69. The minimum atomic E-state index is -1.77. The summed E-state index contributed by atoms with van der Waals surface area (Å²) in [6, 6.07) is 0. The van der Waals surface area contributed by atoms with Gasteiger partial charge in [-0.3, -0.25) is 4.79 Å². The number of ether oxygens (including phenoxy) is 2. The highest BCUT2D eigenvalue weighted by atomic mass is 16.6. The maximum absolute atomic E-state index is 12.5. The van der Waals surface area contributed by atoms with E-state index in [1.54, 1.807) is 0 Å². The first-order valence-electron chi connectivity index (χ1n) is 11.5. The maximum atomic E-state index is 12.5. The van der Waals surface area contributed by atoms with Crippen LogP contribution in [0.2, 0.25) is 0 Å². The summed E-state index contributed by atoms with van der Waals surface area (Å²) in [7, 11) is 0. The molecule has 2 aliphatic rings. The quantitative estimate of drug-likeness (QED) is 0.179. The van der Waals surface area contributed by atoms with Crippen molar-refractivity contribution in [3.05, 3.63) is 0 Å². The Morgan fingerprint density at radius 1 is 0.656 bits per heavy atom. The van der Waals surface area contributed by atoms with Crippen molar-refractivity contribution in [1.82, 2.24) is 0 Å². The summed E-state index contributed by atoms with van der Waals surface area (Å²) >= 11 is 0. The second kappa shape index (κ2) is 12.1. The van der Waals surface area contributed by atoms with Crippen LogP contribution in [0.25, 0.3) is 0 Å². The zero-order valence-electron chi connectivity index (χ0n) is 18.8. The van der Waals surface area contributed by atoms with Gasteiger partial charge in [0.25, 0.3) is 0 Å². The van der Waals surface area contributed by atoms with E-state index in [0.717, 1.165) is 19.3 Å². The van der Waals surface area contributed by atoms with Crippen molar-refractivity contribution in [3.63, 3.8) is 0 Å². The fourth-order valence-electron chi connectivity index (χ4n) is 4.80. The van der Waals surface area contributed by atoms with Gasteiger partial charge in [0.2, 0.25) is 6.29 Å². The van der Waals surface area contributed by atoms with E-state index in [1.807, 2.05) is 6.29 Å². The third kappa shape index (κ3) is 5.68. The molecule has 2 fully saturated rings. The SMILES string of the molecule is C[C@@H]1OC(C([C]=O)(CCCCCCCCO)C2O[C@@H](C)[C@H](O)[C@@H](O)[C@H]2O)[C@H](O)[C@H](O)[C@H]1O. The molecule has 10 heteroatoms. The van der Waals surface area contributed by atoms with E-state index in [9.17, 15) is 35.4 Å². The van der Waals surface area contributed by atoms with Crippen molar-refractivity contribution in [1.29, 1.82) is 0 Å². The van der Waals surface area contributed by atoms with Crippen LogP contribution in [0.3, 0.4) is 0 Å². The maximum Gasteiger partial charge on any atom is 0.210 e. The fraction of sp³-hybridized carbons (Fsp3) is 0.955. The lowest BCUT2D eigenvalue weighted by Gasteiger charge is -2.52. The fourth-order valence-corrected chi connectivity index (χ4v) is 4.80. The van der Waals surface area contributed by atoms with E-state index in [2.05, 4.69) is 0 Å². The monoisotopic (exact) mass is 463 g/mol. The van der Waals surface area contributed by atoms with Crippen LogP contribution in [0.4, 0.5) is 0 Å². The lowest BCUT2D eigenvalue weighted by molar-refractivity contribution is -0.285. The molecule has 7 N–H and O–H groups in total. The van der Waals surface area contributed by atoms with Gasteiger partial charge in [-0.05, 0) is 26.7 Å². The van der Waals surface area contributed by atoms with E-state index >= 15 is 0 Å². The molecule has 0 aliphatic carbocycles. The zero-order valence-corrected chi connectivity index (χ0v) is 18.8. The molecule has 2 saturated heterocycles. The van der Waals surface area contributed by atoms with E-state index in [0.29, 0.717) is 19.3 Å². The van der Waals surface area contributed by atoms with Crippen molar-refractivity contribution in [2.24, 2.45) is 5.41 Å². The standard InChI is InChI=1S/C22H39O10/c1-12-14(25)16(27)18(29)20(31-12)22(11-24,9-7-5-3-4-6-8-10-23)21-19(30)17(28)15(26)13(2)32-21/h12-21,23,25-30H,3-10H2,1-2H3/t12-,13-,14-,15-,16+,17+,18+,19+,20?,21?,22?/m0/s1. The molecule has 10 nitrogen and oxygen atoms in total. The van der Waals surface area contributed by atoms with Gasteiger partial charge in [-0.1, -0.05) is 32.1 Å². The molecule has 0 aromatic heterocycles. The minimum Gasteiger partial charge on any atom is -0.396 e. The van der Waals surface area contributed by atoms with Crippen molar-refractivity contribution in [2.75, 3.05) is 6.61 Å². The van der Waals surface area contributed by atoms with Gasteiger partial charge in [0, 0.05) is 6.61 Å². The van der Waals surface area contributed by atoms with Crippen LogP contribution in [0.1, 0.15) is 58.8 Å². The van der Waals surface area contributed by atoms with E-state index < -0.39 is 66.5 Å².